The van der Waals surface area contributed by atoms with Gasteiger partial charge in [-0.15, -0.1) is 31.4 Å². The number of rotatable bonds is 4. The molecule has 1 saturated heterocycles. The number of nitrogens with one attached hydrogen (secondary N) is 1. The quantitative estimate of drug-likeness (QED) is 0.579. The first kappa shape index (κ1) is 26.0. The zero-order valence-corrected chi connectivity index (χ0v) is 18.9. The second-order valence-corrected chi connectivity index (χ2v) is 8.35. The molecule has 0 amide bonds. The van der Waals surface area contributed by atoms with Crippen molar-refractivity contribution in [1.82, 2.24) is 9.29 Å². The third-order valence-electron chi connectivity index (χ3n) is 4.48. The van der Waals surface area contributed by atoms with Crippen molar-refractivity contribution in [2.45, 2.75) is 0 Å². The van der Waals surface area contributed by atoms with Gasteiger partial charge in [-0.25, -0.2) is 16.8 Å². The Morgan fingerprint density at radius 3 is 2.27 bits per heavy atom. The van der Waals surface area contributed by atoms with Crippen LogP contribution in [0.15, 0.2) is 73.4 Å². The smallest absolute Gasteiger partial charge is 0.242 e. The first-order valence-electron chi connectivity index (χ1n) is 9.13. The van der Waals surface area contributed by atoms with Crippen LogP contribution in [0.5, 0.6) is 0 Å². The van der Waals surface area contributed by atoms with Gasteiger partial charge in [-0.05, 0) is 36.4 Å². The Bertz CT molecular complexity index is 1040. The topological polar surface area (TPSA) is 54.3 Å². The standard InChI is InChI=1S/C15H19N3O2S.C6H5F.2ClH/c1-2-11-21(19,20)18-8-5-13-12-14(3-4-15(13)18)17-9-6-16-7-10-17;7-6-4-2-1-3-5-6;;/h2-5,8,12,16H,1,6-7,9-11H2;1-5H;2*1H. The number of aromatic nitrogens is 1. The lowest BCUT2D eigenvalue weighted by Crippen LogP contribution is -2.43. The largest absolute Gasteiger partial charge is 0.369 e. The van der Waals surface area contributed by atoms with Gasteiger partial charge in [0.25, 0.3) is 0 Å². The van der Waals surface area contributed by atoms with Crippen molar-refractivity contribution < 1.29 is 12.8 Å². The van der Waals surface area contributed by atoms with Gasteiger partial charge in [-0.3, -0.25) is 0 Å². The highest BCUT2D eigenvalue weighted by Gasteiger charge is 2.16. The predicted molar refractivity (Wildman–Crippen MR) is 127 cm³/mol. The van der Waals surface area contributed by atoms with E-state index in [-0.39, 0.29) is 36.4 Å². The molecular formula is C21H26Cl2FN3O2S. The zero-order valence-electron chi connectivity index (χ0n) is 16.4. The van der Waals surface area contributed by atoms with E-state index in [1.165, 1.54) is 22.2 Å². The highest BCUT2D eigenvalue weighted by Crippen LogP contribution is 2.24. The summed E-state index contributed by atoms with van der Waals surface area (Å²) in [6.45, 7) is 7.41. The maximum Gasteiger partial charge on any atom is 0.242 e. The lowest BCUT2D eigenvalue weighted by molar-refractivity contribution is 0.589. The molecule has 0 aliphatic carbocycles. The van der Waals surface area contributed by atoms with Crippen molar-refractivity contribution in [3.05, 3.63) is 79.3 Å². The summed E-state index contributed by atoms with van der Waals surface area (Å²) in [5, 5.41) is 4.27. The van der Waals surface area contributed by atoms with E-state index in [9.17, 15) is 12.8 Å². The highest BCUT2D eigenvalue weighted by atomic mass is 35.5. The minimum atomic E-state index is -3.36. The van der Waals surface area contributed by atoms with Crippen molar-refractivity contribution in [3.8, 4) is 0 Å². The Morgan fingerprint density at radius 1 is 1.03 bits per heavy atom. The summed E-state index contributed by atoms with van der Waals surface area (Å²) < 4.78 is 37.6. The minimum absolute atomic E-state index is 0. The molecule has 5 nitrogen and oxygen atoms in total. The molecule has 9 heteroatoms. The molecule has 4 rings (SSSR count). The summed E-state index contributed by atoms with van der Waals surface area (Å²) in [5.74, 6) is -0.237. The van der Waals surface area contributed by atoms with Crippen molar-refractivity contribution >= 4 is 51.4 Å². The molecule has 0 spiro atoms. The summed E-state index contributed by atoms with van der Waals surface area (Å²) in [5.41, 5.74) is 1.86. The zero-order chi connectivity index (χ0) is 20.0. The molecule has 3 aromatic rings. The second kappa shape index (κ2) is 12.0. The number of hydrogen-bond donors (Lipinski definition) is 1. The fourth-order valence-electron chi connectivity index (χ4n) is 3.11. The number of hydrogen-bond acceptors (Lipinski definition) is 4. The lowest BCUT2D eigenvalue weighted by Gasteiger charge is -2.29. The summed E-state index contributed by atoms with van der Waals surface area (Å²) in [4.78, 5) is 2.31. The average Bonchev–Trinajstić information content (AvgIpc) is 3.14. The molecule has 0 saturated carbocycles. The maximum atomic E-state index is 12.2. The fourth-order valence-corrected chi connectivity index (χ4v) is 4.28. The van der Waals surface area contributed by atoms with E-state index in [0.717, 1.165) is 42.8 Å². The first-order valence-corrected chi connectivity index (χ1v) is 10.7. The van der Waals surface area contributed by atoms with Crippen LogP contribution < -0.4 is 10.2 Å². The molecule has 164 valence electrons. The number of piperazine rings is 1. The van der Waals surface area contributed by atoms with E-state index >= 15 is 0 Å². The molecule has 0 atom stereocenters. The van der Waals surface area contributed by atoms with Gasteiger partial charge in [0, 0.05) is 43.4 Å². The number of nitrogens with zero attached hydrogens (tertiary/aromatic N) is 2. The lowest BCUT2D eigenvalue weighted by atomic mass is 10.2. The molecule has 0 unspecified atom stereocenters. The Hall–Kier alpha value is -2.06. The Balaban J connectivity index is 0.000000429. The SMILES string of the molecule is C=CCS(=O)(=O)n1ccc2cc(N3CCNCC3)ccc21.Cl.Cl.Fc1ccccc1. The Morgan fingerprint density at radius 2 is 1.70 bits per heavy atom. The van der Waals surface area contributed by atoms with Gasteiger partial charge < -0.3 is 10.2 Å². The molecule has 1 aliphatic rings. The van der Waals surface area contributed by atoms with Crippen LogP contribution in [-0.4, -0.2) is 44.3 Å². The number of anilines is 1. The summed E-state index contributed by atoms with van der Waals surface area (Å²) >= 11 is 0. The molecule has 0 radical (unpaired) electrons. The van der Waals surface area contributed by atoms with E-state index in [0.29, 0.717) is 0 Å². The van der Waals surface area contributed by atoms with Crippen LogP contribution in [-0.2, 0) is 10.0 Å². The van der Waals surface area contributed by atoms with Crippen molar-refractivity contribution in [1.29, 1.82) is 0 Å². The van der Waals surface area contributed by atoms with E-state index in [2.05, 4.69) is 22.9 Å². The molecule has 2 aromatic carbocycles. The van der Waals surface area contributed by atoms with Crippen molar-refractivity contribution in [2.75, 3.05) is 36.8 Å². The molecule has 1 aliphatic heterocycles. The van der Waals surface area contributed by atoms with Gasteiger partial charge in [0.05, 0.1) is 11.3 Å². The van der Waals surface area contributed by atoms with Gasteiger partial charge >= 0.3 is 0 Å². The van der Waals surface area contributed by atoms with E-state index in [1.807, 2.05) is 18.2 Å². The number of benzene rings is 2. The molecule has 2 heterocycles. The summed E-state index contributed by atoms with van der Waals surface area (Å²) in [6.07, 6.45) is 3.03. The normalized spacial score (nSPS) is 13.4. The third-order valence-corrected chi connectivity index (χ3v) is 6.06. The number of halogens is 3. The fraction of sp³-hybridized carbons (Fsp3) is 0.238. The van der Waals surface area contributed by atoms with Crippen LogP contribution in [0.25, 0.3) is 10.9 Å². The first-order chi connectivity index (χ1) is 13.5. The van der Waals surface area contributed by atoms with E-state index in [1.54, 1.807) is 24.4 Å². The summed E-state index contributed by atoms with van der Waals surface area (Å²) in [7, 11) is -3.36. The number of fused-ring (bicyclic) bond motifs is 1. The molecule has 1 N–H and O–H groups in total. The molecule has 1 aromatic heterocycles. The van der Waals surface area contributed by atoms with Gasteiger partial charge in [-0.1, -0.05) is 24.3 Å². The Kier molecular flexibility index (Phi) is 10.4. The molecular weight excluding hydrogens is 448 g/mol. The van der Waals surface area contributed by atoms with Gasteiger partial charge in [0.1, 0.15) is 5.82 Å². The molecule has 1 fully saturated rings. The van der Waals surface area contributed by atoms with Crippen LogP contribution in [0.1, 0.15) is 0 Å². The van der Waals surface area contributed by atoms with Crippen molar-refractivity contribution in [2.24, 2.45) is 0 Å². The molecule has 30 heavy (non-hydrogen) atoms. The van der Waals surface area contributed by atoms with Crippen molar-refractivity contribution in [3.63, 3.8) is 0 Å². The molecule has 0 bridgehead atoms. The van der Waals surface area contributed by atoms with Crippen LogP contribution in [0, 0.1) is 5.82 Å². The third kappa shape index (κ3) is 6.47. The average molecular weight is 474 g/mol. The maximum absolute atomic E-state index is 12.2. The minimum Gasteiger partial charge on any atom is -0.369 e. The summed E-state index contributed by atoms with van der Waals surface area (Å²) in [6, 6.07) is 15.7. The van der Waals surface area contributed by atoms with Crippen LogP contribution in [0.2, 0.25) is 0 Å². The van der Waals surface area contributed by atoms with Crippen LogP contribution >= 0.6 is 24.8 Å². The highest BCUT2D eigenvalue weighted by molar-refractivity contribution is 7.90. The van der Waals surface area contributed by atoms with Crippen LogP contribution in [0.4, 0.5) is 10.1 Å². The second-order valence-electron chi connectivity index (χ2n) is 6.45. The monoisotopic (exact) mass is 473 g/mol. The van der Waals surface area contributed by atoms with E-state index < -0.39 is 10.0 Å². The van der Waals surface area contributed by atoms with Gasteiger partial charge in [-0.2, -0.15) is 0 Å². The van der Waals surface area contributed by atoms with Gasteiger partial charge in [0.15, 0.2) is 0 Å². The Labute approximate surface area is 189 Å². The van der Waals surface area contributed by atoms with Gasteiger partial charge in [0.2, 0.25) is 10.0 Å². The van der Waals surface area contributed by atoms with E-state index in [4.69, 9.17) is 0 Å². The van der Waals surface area contributed by atoms with Crippen LogP contribution in [0.3, 0.4) is 0 Å². The predicted octanol–water partition coefficient (Wildman–Crippen LogP) is 4.08.